The maximum Gasteiger partial charge on any atom is 0.159 e. The molecule has 0 heterocycles. The number of hydrogen-bond donors (Lipinski definition) is 1. The lowest BCUT2D eigenvalue weighted by molar-refractivity contribution is 0.101. The molecule has 0 aliphatic heterocycles. The van der Waals surface area contributed by atoms with Crippen LogP contribution < -0.4 is 5.73 Å². The Labute approximate surface area is 79.9 Å². The van der Waals surface area contributed by atoms with Gasteiger partial charge in [-0.25, -0.2) is 0 Å². The molecule has 0 fully saturated rings. The molecule has 0 spiro atoms. The van der Waals surface area contributed by atoms with Gasteiger partial charge in [0.1, 0.15) is 0 Å². The molecule has 0 aromatic heterocycles. The summed E-state index contributed by atoms with van der Waals surface area (Å²) in [7, 11) is 0. The fraction of sp³-hybridized carbons (Fsp3) is 0.222. The Morgan fingerprint density at radius 1 is 1.58 bits per heavy atom. The van der Waals surface area contributed by atoms with Gasteiger partial charge < -0.3 is 5.73 Å². The van der Waals surface area contributed by atoms with Crippen LogP contribution in [0, 0.1) is 0 Å². The molecule has 3 heteroatoms. The fourth-order valence-electron chi connectivity index (χ4n) is 0.932. The molecule has 0 aliphatic rings. The smallest absolute Gasteiger partial charge is 0.159 e. The first-order chi connectivity index (χ1) is 5.65. The molecule has 0 unspecified atom stereocenters. The first-order valence-electron chi connectivity index (χ1n) is 3.64. The van der Waals surface area contributed by atoms with Crippen molar-refractivity contribution in [2.75, 3.05) is 0 Å². The molecular formula is C9H10BrNO. The third kappa shape index (κ3) is 1.93. The lowest BCUT2D eigenvalue weighted by Gasteiger charge is -2.02. The molecule has 2 N–H and O–H groups in total. The molecule has 2 nitrogen and oxygen atoms in total. The Balaban J connectivity index is 3.10. The molecule has 0 radical (unpaired) electrons. The van der Waals surface area contributed by atoms with Crippen LogP contribution in [0.15, 0.2) is 22.7 Å². The summed E-state index contributed by atoms with van der Waals surface area (Å²) in [6.45, 7) is 2.03. The molecule has 0 aliphatic carbocycles. The van der Waals surface area contributed by atoms with Crippen LogP contribution in [0.5, 0.6) is 0 Å². The summed E-state index contributed by atoms with van der Waals surface area (Å²) >= 11 is 3.34. The average molecular weight is 228 g/mol. The highest BCUT2D eigenvalue weighted by molar-refractivity contribution is 9.10. The Morgan fingerprint density at radius 2 is 2.25 bits per heavy atom. The monoisotopic (exact) mass is 227 g/mol. The van der Waals surface area contributed by atoms with Gasteiger partial charge in [-0.2, -0.15) is 0 Å². The van der Waals surface area contributed by atoms with Crippen LogP contribution in [0.4, 0.5) is 0 Å². The predicted octanol–water partition coefficient (Wildman–Crippen LogP) is 2.11. The van der Waals surface area contributed by atoms with Crippen LogP contribution in [0.1, 0.15) is 22.8 Å². The van der Waals surface area contributed by atoms with Crippen molar-refractivity contribution in [2.24, 2.45) is 5.73 Å². The number of hydrogen-bond acceptors (Lipinski definition) is 2. The van der Waals surface area contributed by atoms with Gasteiger partial charge in [-0.15, -0.1) is 0 Å². The van der Waals surface area contributed by atoms with Gasteiger partial charge in [0, 0.05) is 16.6 Å². The van der Waals surface area contributed by atoms with Gasteiger partial charge in [0.05, 0.1) is 0 Å². The van der Waals surface area contributed by atoms with Crippen LogP contribution in [-0.4, -0.2) is 5.78 Å². The van der Waals surface area contributed by atoms with Gasteiger partial charge >= 0.3 is 0 Å². The van der Waals surface area contributed by atoms with Crippen LogP contribution in [0.2, 0.25) is 0 Å². The maximum absolute atomic E-state index is 10.9. The van der Waals surface area contributed by atoms with E-state index in [1.807, 2.05) is 6.07 Å². The second kappa shape index (κ2) is 3.83. The summed E-state index contributed by atoms with van der Waals surface area (Å²) in [5.74, 6) is 0.0688. The molecule has 0 amide bonds. The minimum absolute atomic E-state index is 0.0688. The second-order valence-corrected chi connectivity index (χ2v) is 3.42. The van der Waals surface area contributed by atoms with E-state index in [-0.39, 0.29) is 5.78 Å². The SMILES string of the molecule is CC(=O)c1ccc(CN)c(Br)c1. The van der Waals surface area contributed by atoms with Crippen molar-refractivity contribution in [2.45, 2.75) is 13.5 Å². The summed E-state index contributed by atoms with van der Waals surface area (Å²) < 4.78 is 0.901. The number of ketones is 1. The molecule has 1 aromatic rings. The van der Waals surface area contributed by atoms with Gasteiger partial charge in [-0.1, -0.05) is 28.1 Å². The van der Waals surface area contributed by atoms with Gasteiger partial charge in [0.15, 0.2) is 5.78 Å². The number of halogens is 1. The number of benzene rings is 1. The highest BCUT2D eigenvalue weighted by Crippen LogP contribution is 2.18. The van der Waals surface area contributed by atoms with E-state index in [2.05, 4.69) is 15.9 Å². The molecule has 1 rings (SSSR count). The van der Waals surface area contributed by atoms with E-state index in [9.17, 15) is 4.79 Å². The van der Waals surface area contributed by atoms with Crippen molar-refractivity contribution in [3.63, 3.8) is 0 Å². The largest absolute Gasteiger partial charge is 0.326 e. The van der Waals surface area contributed by atoms with Crippen molar-refractivity contribution >= 4 is 21.7 Å². The summed E-state index contributed by atoms with van der Waals surface area (Å²) in [5, 5.41) is 0. The van der Waals surface area contributed by atoms with Gasteiger partial charge in [0.25, 0.3) is 0 Å². The minimum atomic E-state index is 0.0688. The van der Waals surface area contributed by atoms with Crippen molar-refractivity contribution in [3.8, 4) is 0 Å². The van der Waals surface area contributed by atoms with Crippen molar-refractivity contribution < 1.29 is 4.79 Å². The topological polar surface area (TPSA) is 43.1 Å². The first-order valence-corrected chi connectivity index (χ1v) is 4.44. The van der Waals surface area contributed by atoms with Crippen molar-refractivity contribution in [1.29, 1.82) is 0 Å². The van der Waals surface area contributed by atoms with E-state index < -0.39 is 0 Å². The van der Waals surface area contributed by atoms with Crippen molar-refractivity contribution in [1.82, 2.24) is 0 Å². The molecular weight excluding hydrogens is 218 g/mol. The lowest BCUT2D eigenvalue weighted by atomic mass is 10.1. The number of carbonyl (C=O) groups excluding carboxylic acids is 1. The Morgan fingerprint density at radius 3 is 2.67 bits per heavy atom. The molecule has 1 aromatic carbocycles. The van der Waals surface area contributed by atoms with Crippen LogP contribution in [-0.2, 0) is 6.54 Å². The zero-order valence-corrected chi connectivity index (χ0v) is 8.39. The summed E-state index contributed by atoms with van der Waals surface area (Å²) in [6.07, 6.45) is 0. The van der Waals surface area contributed by atoms with Crippen LogP contribution in [0.3, 0.4) is 0 Å². The van der Waals surface area contributed by atoms with E-state index in [4.69, 9.17) is 5.73 Å². The van der Waals surface area contributed by atoms with Gasteiger partial charge in [-0.05, 0) is 18.6 Å². The van der Waals surface area contributed by atoms with Crippen LogP contribution in [0.25, 0.3) is 0 Å². The summed E-state index contributed by atoms with van der Waals surface area (Å²) in [6, 6.07) is 5.45. The third-order valence-corrected chi connectivity index (χ3v) is 2.42. The first kappa shape index (κ1) is 9.42. The molecule has 0 atom stereocenters. The van der Waals surface area contributed by atoms with E-state index in [0.29, 0.717) is 12.1 Å². The highest BCUT2D eigenvalue weighted by Gasteiger charge is 2.02. The third-order valence-electron chi connectivity index (χ3n) is 1.68. The molecule has 0 saturated carbocycles. The van der Waals surface area contributed by atoms with E-state index in [0.717, 1.165) is 10.0 Å². The standard InChI is InChI=1S/C9H10BrNO/c1-6(12)7-2-3-8(5-11)9(10)4-7/h2-4H,5,11H2,1H3. The summed E-state index contributed by atoms with van der Waals surface area (Å²) in [4.78, 5) is 10.9. The Hall–Kier alpha value is -0.670. The zero-order valence-electron chi connectivity index (χ0n) is 6.80. The number of carbonyl (C=O) groups is 1. The predicted molar refractivity (Wildman–Crippen MR) is 52.0 cm³/mol. The van der Waals surface area contributed by atoms with Crippen molar-refractivity contribution in [3.05, 3.63) is 33.8 Å². The average Bonchev–Trinajstić information content (AvgIpc) is 2.04. The van der Waals surface area contributed by atoms with E-state index in [1.165, 1.54) is 0 Å². The quantitative estimate of drug-likeness (QED) is 0.787. The van der Waals surface area contributed by atoms with Gasteiger partial charge in [-0.3, -0.25) is 4.79 Å². The molecule has 12 heavy (non-hydrogen) atoms. The summed E-state index contributed by atoms with van der Waals surface area (Å²) in [5.41, 5.74) is 7.18. The fourth-order valence-corrected chi connectivity index (χ4v) is 1.47. The zero-order chi connectivity index (χ0) is 9.14. The molecule has 0 saturated heterocycles. The highest BCUT2D eigenvalue weighted by atomic mass is 79.9. The van der Waals surface area contributed by atoms with Crippen LogP contribution >= 0.6 is 15.9 Å². The number of nitrogens with two attached hydrogens (primary N) is 1. The Bertz CT molecular complexity index is 309. The number of rotatable bonds is 2. The Kier molecular flexibility index (Phi) is 3.00. The normalized spacial score (nSPS) is 9.92. The molecule has 64 valence electrons. The van der Waals surface area contributed by atoms with E-state index >= 15 is 0 Å². The minimum Gasteiger partial charge on any atom is -0.326 e. The second-order valence-electron chi connectivity index (χ2n) is 2.57. The maximum atomic E-state index is 10.9. The van der Waals surface area contributed by atoms with E-state index in [1.54, 1.807) is 19.1 Å². The molecule has 0 bridgehead atoms. The lowest BCUT2D eigenvalue weighted by Crippen LogP contribution is -1.99. The number of Topliss-reactive ketones (excluding diaryl/α,β-unsaturated/α-hetero) is 1. The van der Waals surface area contributed by atoms with Gasteiger partial charge in [0.2, 0.25) is 0 Å².